The lowest BCUT2D eigenvalue weighted by atomic mass is 9.91. The number of aryl methyl sites for hydroxylation is 1. The Morgan fingerprint density at radius 1 is 1.00 bits per heavy atom. The number of likely N-dealkylation sites (tertiary alicyclic amines) is 1. The molecule has 1 N–H and O–H groups in total. The minimum Gasteiger partial charge on any atom is -0.481 e. The fourth-order valence-electron chi connectivity index (χ4n) is 4.84. The molecule has 2 heterocycles. The highest BCUT2D eigenvalue weighted by molar-refractivity contribution is 5.97. The van der Waals surface area contributed by atoms with E-state index in [0.717, 1.165) is 28.9 Å². The van der Waals surface area contributed by atoms with Crippen molar-refractivity contribution in [1.82, 2.24) is 14.9 Å². The maximum atomic E-state index is 13.2. The maximum Gasteiger partial charge on any atom is 0.303 e. The van der Waals surface area contributed by atoms with Crippen LogP contribution in [0.25, 0.3) is 11.0 Å². The highest BCUT2D eigenvalue weighted by Gasteiger charge is 2.32. The largest absolute Gasteiger partial charge is 0.481 e. The van der Waals surface area contributed by atoms with Crippen molar-refractivity contribution in [3.8, 4) is 0 Å². The van der Waals surface area contributed by atoms with Crippen LogP contribution in [0.1, 0.15) is 64.8 Å². The van der Waals surface area contributed by atoms with Gasteiger partial charge in [0.05, 0.1) is 22.4 Å². The van der Waals surface area contributed by atoms with Gasteiger partial charge in [0.25, 0.3) is 5.91 Å². The third kappa shape index (κ3) is 5.20. The van der Waals surface area contributed by atoms with E-state index in [-0.39, 0.29) is 30.0 Å². The van der Waals surface area contributed by atoms with Crippen LogP contribution < -0.4 is 0 Å². The molecule has 7 heteroatoms. The molecule has 0 radical (unpaired) electrons. The van der Waals surface area contributed by atoms with Crippen LogP contribution in [-0.2, 0) is 11.2 Å². The standard InChI is InChI=1S/C29H28FN3O3/c30-23-13-10-19(11-14-23)22-17-33(18-22)29(36)21-12-15-24-26(16-21)31-25(8-4-5-9-27(34)35)28(32-24)20-6-2-1-3-7-20/h1-3,6,10-16,20,22H,4-5,7-9,17-18H2,(H,34,35). The van der Waals surface area contributed by atoms with E-state index in [1.165, 1.54) is 12.1 Å². The molecule has 6 nitrogen and oxygen atoms in total. The smallest absolute Gasteiger partial charge is 0.303 e. The molecular weight excluding hydrogens is 457 g/mol. The van der Waals surface area contributed by atoms with Crippen LogP contribution >= 0.6 is 0 Å². The molecule has 0 spiro atoms. The first-order valence-corrected chi connectivity index (χ1v) is 12.4. The Morgan fingerprint density at radius 2 is 1.81 bits per heavy atom. The zero-order valence-corrected chi connectivity index (χ0v) is 19.9. The Hall–Kier alpha value is -3.87. The fraction of sp³-hybridized carbons (Fsp3) is 0.310. The minimum absolute atomic E-state index is 0.0514. The first kappa shape index (κ1) is 23.9. The highest BCUT2D eigenvalue weighted by atomic mass is 19.1. The van der Waals surface area contributed by atoms with Gasteiger partial charge in [-0.15, -0.1) is 0 Å². The van der Waals surface area contributed by atoms with Gasteiger partial charge in [-0.25, -0.2) is 14.4 Å². The Bertz CT molecular complexity index is 1340. The van der Waals surface area contributed by atoms with E-state index < -0.39 is 5.97 Å². The molecular formula is C29H28FN3O3. The van der Waals surface area contributed by atoms with Crippen LogP contribution in [0.5, 0.6) is 0 Å². The quantitative estimate of drug-likeness (QED) is 0.432. The van der Waals surface area contributed by atoms with Crippen molar-refractivity contribution < 1.29 is 19.1 Å². The number of allylic oxidation sites excluding steroid dienone is 4. The number of carboxylic acids is 1. The number of carbonyl (C=O) groups is 2. The number of fused-ring (bicyclic) bond motifs is 1. The molecule has 1 unspecified atom stereocenters. The number of hydrogen-bond acceptors (Lipinski definition) is 4. The first-order chi connectivity index (χ1) is 17.5. The average molecular weight is 486 g/mol. The summed E-state index contributed by atoms with van der Waals surface area (Å²) in [5, 5.41) is 8.96. The summed E-state index contributed by atoms with van der Waals surface area (Å²) in [6, 6.07) is 11.9. The van der Waals surface area contributed by atoms with E-state index in [1.54, 1.807) is 29.2 Å². The number of halogens is 1. The predicted molar refractivity (Wildman–Crippen MR) is 135 cm³/mol. The molecule has 1 aliphatic carbocycles. The normalized spacial score (nSPS) is 17.4. The first-order valence-electron chi connectivity index (χ1n) is 12.4. The third-order valence-corrected chi connectivity index (χ3v) is 6.91. The van der Waals surface area contributed by atoms with Gasteiger partial charge in [-0.2, -0.15) is 0 Å². The molecule has 0 bridgehead atoms. The average Bonchev–Trinajstić information content (AvgIpc) is 2.86. The van der Waals surface area contributed by atoms with Crippen molar-refractivity contribution in [3.05, 3.63) is 95.1 Å². The van der Waals surface area contributed by atoms with E-state index in [9.17, 15) is 14.0 Å². The minimum atomic E-state index is -0.795. The van der Waals surface area contributed by atoms with Gasteiger partial charge in [0.2, 0.25) is 0 Å². The number of amides is 1. The van der Waals surface area contributed by atoms with Gasteiger partial charge >= 0.3 is 5.97 Å². The molecule has 1 aromatic heterocycles. The van der Waals surface area contributed by atoms with E-state index in [0.29, 0.717) is 43.4 Å². The zero-order chi connectivity index (χ0) is 25.1. The number of carbonyl (C=O) groups excluding carboxylic acids is 1. The number of rotatable bonds is 8. The van der Waals surface area contributed by atoms with E-state index >= 15 is 0 Å². The zero-order valence-electron chi connectivity index (χ0n) is 19.9. The summed E-state index contributed by atoms with van der Waals surface area (Å²) in [6.45, 7) is 1.20. The summed E-state index contributed by atoms with van der Waals surface area (Å²) < 4.78 is 13.2. The number of aromatic nitrogens is 2. The Kier molecular flexibility index (Phi) is 6.89. The predicted octanol–water partition coefficient (Wildman–Crippen LogP) is 5.41. The number of nitrogens with zero attached hydrogens (tertiary/aromatic N) is 3. The SMILES string of the molecule is O=C(O)CCCCc1nc2cc(C(=O)N3CC(c4ccc(F)cc4)C3)ccc2nc1C1C=CC=CC1. The van der Waals surface area contributed by atoms with E-state index in [2.05, 4.69) is 12.2 Å². The molecule has 0 saturated carbocycles. The summed E-state index contributed by atoms with van der Waals surface area (Å²) in [4.78, 5) is 35.7. The number of hydrogen-bond donors (Lipinski definition) is 1. The number of aliphatic carboxylic acids is 1. The molecule has 2 aliphatic rings. The summed E-state index contributed by atoms with van der Waals surface area (Å²) in [5.41, 5.74) is 4.80. The van der Waals surface area contributed by atoms with Crippen molar-refractivity contribution in [2.45, 2.75) is 43.9 Å². The second kappa shape index (κ2) is 10.4. The summed E-state index contributed by atoms with van der Waals surface area (Å²) in [6.07, 6.45) is 11.2. The molecule has 1 aliphatic heterocycles. The molecule has 1 atom stereocenters. The lowest BCUT2D eigenvalue weighted by Crippen LogP contribution is -2.48. The van der Waals surface area contributed by atoms with Crippen molar-refractivity contribution in [3.63, 3.8) is 0 Å². The van der Waals surface area contributed by atoms with Crippen molar-refractivity contribution in [2.75, 3.05) is 13.1 Å². The van der Waals surface area contributed by atoms with E-state index in [4.69, 9.17) is 15.1 Å². The van der Waals surface area contributed by atoms with Crippen LogP contribution in [0.2, 0.25) is 0 Å². The molecule has 1 amide bonds. The Labute approximate surface area is 209 Å². The Morgan fingerprint density at radius 3 is 2.53 bits per heavy atom. The van der Waals surface area contributed by atoms with Crippen molar-refractivity contribution in [2.24, 2.45) is 0 Å². The highest BCUT2D eigenvalue weighted by Crippen LogP contribution is 2.31. The van der Waals surface area contributed by atoms with Crippen LogP contribution in [0.3, 0.4) is 0 Å². The third-order valence-electron chi connectivity index (χ3n) is 6.91. The van der Waals surface area contributed by atoms with Gasteiger partial charge in [-0.05, 0) is 61.6 Å². The summed E-state index contributed by atoms with van der Waals surface area (Å²) in [5.74, 6) is -0.760. The van der Waals surface area contributed by atoms with Gasteiger partial charge in [-0.3, -0.25) is 9.59 Å². The number of benzene rings is 2. The molecule has 1 saturated heterocycles. The van der Waals surface area contributed by atoms with Crippen molar-refractivity contribution in [1.29, 1.82) is 0 Å². The van der Waals surface area contributed by atoms with Crippen LogP contribution in [0.4, 0.5) is 4.39 Å². The van der Waals surface area contributed by atoms with Gasteiger partial charge in [0.15, 0.2) is 0 Å². The number of unbranched alkanes of at least 4 members (excludes halogenated alkanes) is 1. The molecule has 3 aromatic rings. The molecule has 1 fully saturated rings. The molecule has 5 rings (SSSR count). The van der Waals surface area contributed by atoms with Gasteiger partial charge in [0.1, 0.15) is 5.82 Å². The second-order valence-corrected chi connectivity index (χ2v) is 9.47. The van der Waals surface area contributed by atoms with Crippen molar-refractivity contribution >= 4 is 22.9 Å². The van der Waals surface area contributed by atoms with Crippen LogP contribution in [0, 0.1) is 5.82 Å². The summed E-state index contributed by atoms with van der Waals surface area (Å²) in [7, 11) is 0. The monoisotopic (exact) mass is 485 g/mol. The summed E-state index contributed by atoms with van der Waals surface area (Å²) >= 11 is 0. The topological polar surface area (TPSA) is 83.4 Å². The van der Waals surface area contributed by atoms with E-state index in [1.807, 2.05) is 18.2 Å². The fourth-order valence-corrected chi connectivity index (χ4v) is 4.84. The molecule has 2 aromatic carbocycles. The van der Waals surface area contributed by atoms with Gasteiger partial charge in [0, 0.05) is 36.9 Å². The second-order valence-electron chi connectivity index (χ2n) is 9.47. The van der Waals surface area contributed by atoms with Crippen LogP contribution in [-0.4, -0.2) is 44.9 Å². The molecule has 36 heavy (non-hydrogen) atoms. The van der Waals surface area contributed by atoms with Gasteiger partial charge in [-0.1, -0.05) is 36.4 Å². The molecule has 184 valence electrons. The lowest BCUT2D eigenvalue weighted by molar-refractivity contribution is -0.137. The maximum absolute atomic E-state index is 13.2. The van der Waals surface area contributed by atoms with Crippen LogP contribution in [0.15, 0.2) is 66.8 Å². The van der Waals surface area contributed by atoms with Gasteiger partial charge < -0.3 is 10.0 Å². The Balaban J connectivity index is 1.35. The lowest BCUT2D eigenvalue weighted by Gasteiger charge is -2.39. The number of carboxylic acid groups (broad SMARTS) is 1.